The van der Waals surface area contributed by atoms with Crippen molar-refractivity contribution in [2.24, 2.45) is 16.6 Å². The van der Waals surface area contributed by atoms with Gasteiger partial charge in [-0.2, -0.15) is 0 Å². The fraction of sp³-hybridized carbons (Fsp3) is 0.733. The van der Waals surface area contributed by atoms with Crippen molar-refractivity contribution in [3.05, 3.63) is 35.4 Å². The molecule has 1 amide bonds. The summed E-state index contributed by atoms with van der Waals surface area (Å²) < 4.78 is 36.9. The van der Waals surface area contributed by atoms with E-state index in [-0.39, 0.29) is 29.1 Å². The molecule has 0 aliphatic rings. The lowest BCUT2D eigenvalue weighted by Crippen LogP contribution is -2.42. The average molecular weight is 584 g/mol. The van der Waals surface area contributed by atoms with E-state index < -0.39 is 40.3 Å². The first kappa shape index (κ1) is 35.3. The molecule has 0 saturated heterocycles. The molecule has 0 unspecified atom stereocenters. The molecule has 224 valence electrons. The van der Waals surface area contributed by atoms with Crippen LogP contribution >= 0.6 is 0 Å². The van der Waals surface area contributed by atoms with Gasteiger partial charge in [-0.05, 0) is 74.7 Å². The van der Waals surface area contributed by atoms with Gasteiger partial charge < -0.3 is 14.9 Å². The van der Waals surface area contributed by atoms with Crippen LogP contribution in [0.5, 0.6) is 0 Å². The van der Waals surface area contributed by atoms with Gasteiger partial charge in [-0.15, -0.1) is 0 Å². The number of sulfone groups is 1. The monoisotopic (exact) mass is 583 g/mol. The SMILES string of the molecule is COC(=O)C(C)(C)Cc1cccc([C@@](C)(CCCC(C)(C)CS(=O)(=O)CCO[Si](C)(C)C(C)(C)C)C(N)=O)c1. The Labute approximate surface area is 238 Å². The Morgan fingerprint density at radius 1 is 0.974 bits per heavy atom. The number of hydrogen-bond acceptors (Lipinski definition) is 6. The zero-order chi connectivity index (χ0) is 30.5. The van der Waals surface area contributed by atoms with Crippen LogP contribution in [0, 0.1) is 10.8 Å². The summed E-state index contributed by atoms with van der Waals surface area (Å²) in [5.41, 5.74) is 5.53. The van der Waals surface area contributed by atoms with Gasteiger partial charge in [0.05, 0.1) is 29.4 Å². The van der Waals surface area contributed by atoms with Gasteiger partial charge in [0.2, 0.25) is 5.91 Å². The van der Waals surface area contributed by atoms with Gasteiger partial charge in [0.15, 0.2) is 18.2 Å². The third kappa shape index (κ3) is 10.3. The first-order chi connectivity index (χ1) is 17.5. The molecule has 0 heterocycles. The van der Waals surface area contributed by atoms with E-state index in [4.69, 9.17) is 14.9 Å². The van der Waals surface area contributed by atoms with Gasteiger partial charge in [-0.1, -0.05) is 65.3 Å². The molecule has 0 aromatic heterocycles. The second kappa shape index (κ2) is 12.9. The lowest BCUT2D eigenvalue weighted by atomic mass is 9.74. The maximum Gasteiger partial charge on any atom is 0.311 e. The number of amides is 1. The standard InChI is InChI=1S/C30H53NO6SSi/c1-27(2,3)39(10,11)37-18-19-38(34,35)22-28(4,5)16-13-17-30(8,25(31)32)24-15-12-14-23(20-24)21-29(6,7)26(33)36-9/h12,14-15,20H,13,16-19,21-22H2,1-11H3,(H2,31,32)/t30-/m1/s1. The number of carbonyl (C=O) groups is 2. The van der Waals surface area contributed by atoms with Crippen LogP contribution in [0.15, 0.2) is 24.3 Å². The van der Waals surface area contributed by atoms with E-state index in [1.807, 2.05) is 58.9 Å². The van der Waals surface area contributed by atoms with Gasteiger partial charge in [0, 0.05) is 6.61 Å². The van der Waals surface area contributed by atoms with Gasteiger partial charge in [-0.3, -0.25) is 9.59 Å². The molecular weight excluding hydrogens is 530 g/mol. The second-order valence-electron chi connectivity index (χ2n) is 14.2. The maximum absolute atomic E-state index is 12.9. The highest BCUT2D eigenvalue weighted by molar-refractivity contribution is 7.91. The molecule has 1 aromatic carbocycles. The number of hydrogen-bond donors (Lipinski definition) is 1. The zero-order valence-corrected chi connectivity index (χ0v) is 28.0. The Balaban J connectivity index is 2.89. The Bertz CT molecular complexity index is 1100. The highest BCUT2D eigenvalue weighted by Crippen LogP contribution is 2.37. The van der Waals surface area contributed by atoms with Crippen LogP contribution in [-0.4, -0.2) is 53.8 Å². The second-order valence-corrected chi connectivity index (χ2v) is 21.2. The number of primary amides is 1. The minimum Gasteiger partial charge on any atom is -0.469 e. The number of methoxy groups -OCH3 is 1. The fourth-order valence-electron chi connectivity index (χ4n) is 4.59. The molecule has 1 atom stereocenters. The number of nitrogens with two attached hydrogens (primary N) is 1. The average Bonchev–Trinajstić information content (AvgIpc) is 2.76. The van der Waals surface area contributed by atoms with Gasteiger partial charge in [-0.25, -0.2) is 8.42 Å². The number of esters is 1. The molecule has 1 aromatic rings. The zero-order valence-electron chi connectivity index (χ0n) is 26.2. The summed E-state index contributed by atoms with van der Waals surface area (Å²) in [6, 6.07) is 7.63. The first-order valence-electron chi connectivity index (χ1n) is 13.8. The predicted octanol–water partition coefficient (Wildman–Crippen LogP) is 5.80. The number of benzene rings is 1. The van der Waals surface area contributed by atoms with Gasteiger partial charge in [0.25, 0.3) is 0 Å². The van der Waals surface area contributed by atoms with Crippen LogP contribution in [0.2, 0.25) is 18.1 Å². The molecule has 0 radical (unpaired) electrons. The van der Waals surface area contributed by atoms with Gasteiger partial charge in [0.1, 0.15) is 0 Å². The van der Waals surface area contributed by atoms with Crippen LogP contribution in [-0.2, 0) is 40.4 Å². The van der Waals surface area contributed by atoms with Crippen molar-refractivity contribution >= 4 is 30.0 Å². The van der Waals surface area contributed by atoms with Crippen LogP contribution in [0.3, 0.4) is 0 Å². The summed E-state index contributed by atoms with van der Waals surface area (Å²) in [6.07, 6.45) is 2.23. The Morgan fingerprint density at radius 3 is 2.08 bits per heavy atom. The summed E-state index contributed by atoms with van der Waals surface area (Å²) in [5.74, 6) is -0.655. The summed E-state index contributed by atoms with van der Waals surface area (Å²) in [4.78, 5) is 24.8. The lowest BCUT2D eigenvalue weighted by molar-refractivity contribution is -0.150. The van der Waals surface area contributed by atoms with E-state index in [1.165, 1.54) is 7.11 Å². The molecule has 0 spiro atoms. The smallest absolute Gasteiger partial charge is 0.311 e. The largest absolute Gasteiger partial charge is 0.469 e. The minimum absolute atomic E-state index is 0.0106. The van der Waals surface area contributed by atoms with Crippen molar-refractivity contribution in [3.8, 4) is 0 Å². The van der Waals surface area contributed by atoms with Crippen molar-refractivity contribution in [3.63, 3.8) is 0 Å². The van der Waals surface area contributed by atoms with E-state index in [2.05, 4.69) is 33.9 Å². The summed E-state index contributed by atoms with van der Waals surface area (Å²) in [7, 11) is -3.94. The van der Waals surface area contributed by atoms with Crippen molar-refractivity contribution < 1.29 is 27.2 Å². The van der Waals surface area contributed by atoms with E-state index in [1.54, 1.807) is 0 Å². The Morgan fingerprint density at radius 2 is 1.56 bits per heavy atom. The summed E-state index contributed by atoms with van der Waals surface area (Å²) in [6.45, 7) is 20.3. The summed E-state index contributed by atoms with van der Waals surface area (Å²) >= 11 is 0. The van der Waals surface area contributed by atoms with E-state index in [9.17, 15) is 18.0 Å². The molecule has 0 aliphatic carbocycles. The molecule has 0 fully saturated rings. The Kier molecular flexibility index (Phi) is 11.6. The highest BCUT2D eigenvalue weighted by Gasteiger charge is 2.38. The van der Waals surface area contributed by atoms with Crippen LogP contribution < -0.4 is 5.73 Å². The van der Waals surface area contributed by atoms with Crippen molar-refractivity contribution in [1.82, 2.24) is 0 Å². The molecule has 2 N–H and O–H groups in total. The van der Waals surface area contributed by atoms with Crippen LogP contribution in [0.25, 0.3) is 0 Å². The molecule has 0 saturated carbocycles. The molecular formula is C30H53NO6SSi. The lowest BCUT2D eigenvalue weighted by Gasteiger charge is -2.36. The highest BCUT2D eigenvalue weighted by atomic mass is 32.2. The predicted molar refractivity (Wildman–Crippen MR) is 162 cm³/mol. The molecule has 0 bridgehead atoms. The molecule has 7 nitrogen and oxygen atoms in total. The molecule has 1 rings (SSSR count). The van der Waals surface area contributed by atoms with E-state index in [0.29, 0.717) is 25.7 Å². The Hall–Kier alpha value is -1.71. The maximum atomic E-state index is 12.9. The summed E-state index contributed by atoms with van der Waals surface area (Å²) in [5, 5.41) is 0.0280. The number of carbonyl (C=O) groups excluding carboxylic acids is 2. The quantitative estimate of drug-likeness (QED) is 0.206. The first-order valence-corrected chi connectivity index (χ1v) is 18.5. The number of rotatable bonds is 15. The van der Waals surface area contributed by atoms with E-state index >= 15 is 0 Å². The van der Waals surface area contributed by atoms with Crippen molar-refractivity contribution in [2.45, 2.75) is 105 Å². The van der Waals surface area contributed by atoms with Crippen LogP contribution in [0.1, 0.15) is 85.8 Å². The van der Waals surface area contributed by atoms with Crippen molar-refractivity contribution in [2.75, 3.05) is 25.2 Å². The minimum atomic E-state index is -3.31. The van der Waals surface area contributed by atoms with Crippen LogP contribution in [0.4, 0.5) is 0 Å². The fourth-order valence-corrected chi connectivity index (χ4v) is 7.60. The molecule has 0 aliphatic heterocycles. The third-order valence-corrected chi connectivity index (χ3v) is 14.8. The topological polar surface area (TPSA) is 113 Å². The van der Waals surface area contributed by atoms with Gasteiger partial charge >= 0.3 is 5.97 Å². The normalized spacial score (nSPS) is 15.1. The van der Waals surface area contributed by atoms with E-state index in [0.717, 1.165) is 11.1 Å². The third-order valence-electron chi connectivity index (χ3n) is 8.30. The van der Waals surface area contributed by atoms with Crippen molar-refractivity contribution in [1.29, 1.82) is 0 Å². The number of ether oxygens (including phenoxy) is 1. The molecule has 39 heavy (non-hydrogen) atoms. The molecule has 9 heteroatoms.